The van der Waals surface area contributed by atoms with Crippen LogP contribution in [0.5, 0.6) is 0 Å². The monoisotopic (exact) mass is 288 g/mol. The summed E-state index contributed by atoms with van der Waals surface area (Å²) in [4.78, 5) is 0. The van der Waals surface area contributed by atoms with Crippen LogP contribution in [0, 0.1) is 5.92 Å². The van der Waals surface area contributed by atoms with Crippen molar-refractivity contribution in [3.63, 3.8) is 0 Å². The van der Waals surface area contributed by atoms with Crippen molar-refractivity contribution in [1.82, 2.24) is 0 Å². The smallest absolute Gasteiger partial charge is 0.0901 e. The van der Waals surface area contributed by atoms with Gasteiger partial charge in [-0.15, -0.1) is 6.58 Å². The minimum Gasteiger partial charge on any atom is -0.393 e. The minimum absolute atomic E-state index is 0.213. The third-order valence-corrected chi connectivity index (χ3v) is 9.17. The van der Waals surface area contributed by atoms with E-state index in [9.17, 15) is 5.11 Å². The van der Waals surface area contributed by atoms with Crippen molar-refractivity contribution >= 4 is 13.3 Å². The third kappa shape index (κ3) is 3.24. The topological polar surface area (TPSA) is 20.2 Å². The molecule has 0 aromatic heterocycles. The molecular weight excluding hydrogens is 260 g/mol. The van der Waals surface area contributed by atoms with Crippen molar-refractivity contribution in [2.75, 3.05) is 0 Å². The first-order valence-corrected chi connectivity index (χ1v) is 11.0. The van der Waals surface area contributed by atoms with Crippen molar-refractivity contribution in [1.29, 1.82) is 0 Å². The van der Waals surface area contributed by atoms with Crippen LogP contribution in [-0.4, -0.2) is 19.3 Å². The van der Waals surface area contributed by atoms with Crippen LogP contribution in [0.3, 0.4) is 0 Å². The first kappa shape index (κ1) is 15.5. The Morgan fingerprint density at radius 3 is 2.30 bits per heavy atom. The molecule has 2 atom stereocenters. The molecule has 0 bridgehead atoms. The van der Waals surface area contributed by atoms with E-state index in [0.717, 1.165) is 0 Å². The van der Waals surface area contributed by atoms with Crippen LogP contribution in [0.2, 0.25) is 18.6 Å². The van der Waals surface area contributed by atoms with E-state index in [-0.39, 0.29) is 11.6 Å². The molecule has 0 heterocycles. The number of hydrogen-bond donors (Lipinski definition) is 1. The molecule has 0 radical (unpaired) electrons. The molecule has 0 spiro atoms. The van der Waals surface area contributed by atoms with Crippen LogP contribution in [-0.2, 0) is 0 Å². The van der Waals surface area contributed by atoms with E-state index >= 15 is 0 Å². The zero-order chi connectivity index (χ0) is 14.6. The summed E-state index contributed by atoms with van der Waals surface area (Å²) in [7, 11) is -1.72. The zero-order valence-electron chi connectivity index (χ0n) is 12.9. The van der Waals surface area contributed by atoms with Gasteiger partial charge >= 0.3 is 0 Å². The Labute approximate surface area is 124 Å². The van der Waals surface area contributed by atoms with Crippen molar-refractivity contribution in [2.24, 2.45) is 5.92 Å². The molecule has 1 fully saturated rings. The average molecular weight is 289 g/mol. The first-order chi connectivity index (χ1) is 9.57. The Balaban J connectivity index is 2.19. The minimum atomic E-state index is -1.72. The summed E-state index contributed by atoms with van der Waals surface area (Å²) in [5.74, 6) is 0.474. The molecular formula is C18H28OSi. The van der Waals surface area contributed by atoms with Crippen LogP contribution >= 0.6 is 0 Å². The Morgan fingerprint density at radius 1 is 1.15 bits per heavy atom. The van der Waals surface area contributed by atoms with Gasteiger partial charge in [-0.3, -0.25) is 0 Å². The maximum Gasteiger partial charge on any atom is 0.0901 e. The molecule has 20 heavy (non-hydrogen) atoms. The second-order valence-electron chi connectivity index (χ2n) is 6.74. The van der Waals surface area contributed by atoms with Gasteiger partial charge in [0.25, 0.3) is 0 Å². The quantitative estimate of drug-likeness (QED) is 0.639. The normalized spacial score (nSPS) is 20.4. The standard InChI is InChI=1S/C18H28OSi/c1-4-17(18(19)15-11-7-5-8-12-15)20(2,3)16-13-9-6-10-14-16/h4,6,9-10,13-15,17-19H,1,5,7-8,11-12H2,2-3H3/t17-,18+/m0/s1. The number of benzene rings is 1. The maximum atomic E-state index is 10.9. The van der Waals surface area contributed by atoms with Gasteiger partial charge in [-0.1, -0.05) is 74.0 Å². The molecule has 1 aromatic carbocycles. The van der Waals surface area contributed by atoms with Crippen LogP contribution in [0.15, 0.2) is 43.0 Å². The molecule has 1 aromatic rings. The summed E-state index contributed by atoms with van der Waals surface area (Å²) in [6, 6.07) is 10.7. The van der Waals surface area contributed by atoms with Gasteiger partial charge in [-0.05, 0) is 18.8 Å². The van der Waals surface area contributed by atoms with E-state index in [0.29, 0.717) is 5.92 Å². The molecule has 0 unspecified atom stereocenters. The average Bonchev–Trinajstić information content (AvgIpc) is 2.49. The molecule has 110 valence electrons. The van der Waals surface area contributed by atoms with Gasteiger partial charge < -0.3 is 5.11 Å². The first-order valence-electron chi connectivity index (χ1n) is 7.93. The number of aliphatic hydroxyl groups excluding tert-OH is 1. The highest BCUT2D eigenvalue weighted by molar-refractivity contribution is 6.91. The van der Waals surface area contributed by atoms with Crippen molar-refractivity contribution in [3.8, 4) is 0 Å². The summed E-state index contributed by atoms with van der Waals surface area (Å²) in [5.41, 5.74) is 0.244. The van der Waals surface area contributed by atoms with E-state index in [2.05, 4.69) is 50.0 Å². The zero-order valence-corrected chi connectivity index (χ0v) is 13.9. The lowest BCUT2D eigenvalue weighted by atomic mass is 9.84. The molecule has 0 aliphatic heterocycles. The molecule has 0 amide bonds. The number of hydrogen-bond acceptors (Lipinski definition) is 1. The SMILES string of the molecule is C=C[C@@H]([C@H](O)C1CCCCC1)[Si](C)(C)c1ccccc1. The largest absolute Gasteiger partial charge is 0.393 e. The van der Waals surface area contributed by atoms with Crippen molar-refractivity contribution in [2.45, 2.75) is 56.8 Å². The molecule has 1 saturated carbocycles. The highest BCUT2D eigenvalue weighted by atomic mass is 28.3. The Bertz CT molecular complexity index is 420. The Morgan fingerprint density at radius 2 is 1.75 bits per heavy atom. The lowest BCUT2D eigenvalue weighted by Crippen LogP contribution is -2.50. The molecule has 1 nitrogen and oxygen atoms in total. The van der Waals surface area contributed by atoms with Crippen molar-refractivity contribution in [3.05, 3.63) is 43.0 Å². The van der Waals surface area contributed by atoms with Gasteiger partial charge in [0, 0.05) is 5.54 Å². The third-order valence-electron chi connectivity index (χ3n) is 5.11. The lowest BCUT2D eigenvalue weighted by molar-refractivity contribution is 0.0861. The summed E-state index contributed by atoms with van der Waals surface area (Å²) < 4.78 is 0. The molecule has 1 aliphatic carbocycles. The maximum absolute atomic E-state index is 10.9. The second kappa shape index (κ2) is 6.73. The van der Waals surface area contributed by atoms with E-state index < -0.39 is 8.07 Å². The molecule has 0 saturated heterocycles. The van der Waals surface area contributed by atoms with Gasteiger partial charge in [0.1, 0.15) is 0 Å². The number of aliphatic hydroxyl groups is 1. The van der Waals surface area contributed by atoms with Gasteiger partial charge in [-0.2, -0.15) is 0 Å². The predicted molar refractivity (Wildman–Crippen MR) is 90.1 cm³/mol. The molecule has 2 heteroatoms. The highest BCUT2D eigenvalue weighted by Gasteiger charge is 2.39. The fourth-order valence-corrected chi connectivity index (χ4v) is 6.84. The van der Waals surface area contributed by atoms with E-state index in [1.54, 1.807) is 0 Å². The summed E-state index contributed by atoms with van der Waals surface area (Å²) in [6.07, 6.45) is 8.07. The number of rotatable bonds is 5. The van der Waals surface area contributed by atoms with Gasteiger partial charge in [-0.25, -0.2) is 0 Å². The van der Waals surface area contributed by atoms with Crippen molar-refractivity contribution < 1.29 is 5.11 Å². The Hall–Kier alpha value is -0.863. The van der Waals surface area contributed by atoms with E-state index in [4.69, 9.17) is 0 Å². The van der Waals surface area contributed by atoms with E-state index in [1.165, 1.54) is 37.3 Å². The van der Waals surface area contributed by atoms with Gasteiger partial charge in [0.15, 0.2) is 0 Å². The highest BCUT2D eigenvalue weighted by Crippen LogP contribution is 2.36. The Kier molecular flexibility index (Phi) is 5.22. The van der Waals surface area contributed by atoms with Crippen LogP contribution in [0.1, 0.15) is 32.1 Å². The second-order valence-corrected chi connectivity index (χ2v) is 11.4. The summed E-state index contributed by atoms with van der Waals surface area (Å²) in [6.45, 7) is 8.77. The fourth-order valence-electron chi connectivity index (χ4n) is 3.69. The van der Waals surface area contributed by atoms with E-state index in [1.807, 2.05) is 6.08 Å². The fraction of sp³-hybridized carbons (Fsp3) is 0.556. The molecule has 1 aliphatic rings. The van der Waals surface area contributed by atoms with Gasteiger partial charge in [0.2, 0.25) is 0 Å². The van der Waals surface area contributed by atoms with Gasteiger partial charge in [0.05, 0.1) is 14.2 Å². The lowest BCUT2D eigenvalue weighted by Gasteiger charge is -2.39. The molecule has 2 rings (SSSR count). The predicted octanol–water partition coefficient (Wildman–Crippen LogP) is 4.10. The summed E-state index contributed by atoms with van der Waals surface area (Å²) in [5, 5.41) is 12.3. The summed E-state index contributed by atoms with van der Waals surface area (Å²) >= 11 is 0. The van der Waals surface area contributed by atoms with Crippen LogP contribution < -0.4 is 5.19 Å². The van der Waals surface area contributed by atoms with Crippen LogP contribution in [0.25, 0.3) is 0 Å². The van der Waals surface area contributed by atoms with Crippen LogP contribution in [0.4, 0.5) is 0 Å². The molecule has 1 N–H and O–H groups in total.